The average Bonchev–Trinajstić information content (AvgIpc) is 2.48. The highest BCUT2D eigenvalue weighted by Crippen LogP contribution is 2.26. The van der Waals surface area contributed by atoms with E-state index in [2.05, 4.69) is 57.7 Å². The van der Waals surface area contributed by atoms with E-state index in [1.54, 1.807) is 11.1 Å². The maximum Gasteiger partial charge on any atom is 0.00388 e. The lowest BCUT2D eigenvalue weighted by Gasteiger charge is -2.23. The molecule has 0 saturated carbocycles. The van der Waals surface area contributed by atoms with Gasteiger partial charge in [-0.2, -0.15) is 0 Å². The highest BCUT2D eigenvalue weighted by Gasteiger charge is 2.19. The van der Waals surface area contributed by atoms with Gasteiger partial charge in [-0.05, 0) is 48.8 Å². The van der Waals surface area contributed by atoms with Crippen molar-refractivity contribution in [2.45, 2.75) is 58.9 Å². The van der Waals surface area contributed by atoms with E-state index in [4.69, 9.17) is 0 Å². The van der Waals surface area contributed by atoms with Crippen molar-refractivity contribution in [1.82, 2.24) is 4.90 Å². The Labute approximate surface area is 112 Å². The van der Waals surface area contributed by atoms with E-state index < -0.39 is 0 Å². The van der Waals surface area contributed by atoms with Crippen LogP contribution in [0.1, 0.15) is 51.3 Å². The van der Waals surface area contributed by atoms with Crippen LogP contribution in [0.15, 0.2) is 18.2 Å². The Bertz CT molecular complexity index is 412. The Morgan fingerprint density at radius 1 is 1.00 bits per heavy atom. The number of nitrogens with zero attached hydrogens (tertiary/aromatic N) is 1. The molecule has 100 valence electrons. The molecule has 0 aromatic heterocycles. The van der Waals surface area contributed by atoms with Gasteiger partial charge in [-0.3, -0.25) is 0 Å². The molecule has 0 atom stereocenters. The minimum absolute atomic E-state index is 0.263. The van der Waals surface area contributed by atoms with Gasteiger partial charge >= 0.3 is 0 Å². The lowest BCUT2D eigenvalue weighted by Crippen LogP contribution is -2.32. The zero-order chi connectivity index (χ0) is 13.3. The van der Waals surface area contributed by atoms with Gasteiger partial charge in [0.05, 0.1) is 0 Å². The molecule has 1 heteroatoms. The van der Waals surface area contributed by atoms with Gasteiger partial charge in [0, 0.05) is 19.1 Å². The van der Waals surface area contributed by atoms with Crippen LogP contribution < -0.4 is 0 Å². The van der Waals surface area contributed by atoms with Gasteiger partial charge < -0.3 is 4.90 Å². The van der Waals surface area contributed by atoms with Crippen molar-refractivity contribution in [3.05, 3.63) is 34.9 Å². The Kier molecular flexibility index (Phi) is 3.82. The van der Waals surface area contributed by atoms with Gasteiger partial charge in [-0.25, -0.2) is 0 Å². The maximum absolute atomic E-state index is 2.59. The highest BCUT2D eigenvalue weighted by molar-refractivity contribution is 5.36. The van der Waals surface area contributed by atoms with Gasteiger partial charge in [0.25, 0.3) is 0 Å². The third-order valence-corrected chi connectivity index (χ3v) is 4.14. The van der Waals surface area contributed by atoms with Crippen LogP contribution in [0.3, 0.4) is 0 Å². The van der Waals surface area contributed by atoms with Gasteiger partial charge in [0.15, 0.2) is 0 Å². The first-order chi connectivity index (χ1) is 8.38. The summed E-state index contributed by atoms with van der Waals surface area (Å²) in [5, 5.41) is 0. The second-order valence-electron chi connectivity index (χ2n) is 6.86. The molecule has 0 aliphatic carbocycles. The topological polar surface area (TPSA) is 3.24 Å². The molecule has 18 heavy (non-hydrogen) atoms. The molecule has 0 unspecified atom stereocenters. The first kappa shape index (κ1) is 13.6. The van der Waals surface area contributed by atoms with Gasteiger partial charge in [-0.1, -0.05) is 39.0 Å². The molecular weight excluding hydrogens is 218 g/mol. The molecule has 2 rings (SSSR count). The van der Waals surface area contributed by atoms with Crippen LogP contribution in [0, 0.1) is 0 Å². The van der Waals surface area contributed by atoms with Crippen LogP contribution >= 0.6 is 0 Å². The normalized spacial score (nSPS) is 17.7. The minimum atomic E-state index is 0.263. The van der Waals surface area contributed by atoms with Crippen LogP contribution in [0.2, 0.25) is 0 Å². The number of benzene rings is 1. The molecule has 0 spiro atoms. The second kappa shape index (κ2) is 5.05. The summed E-state index contributed by atoms with van der Waals surface area (Å²) in [5.74, 6) is 0. The van der Waals surface area contributed by atoms with Crippen molar-refractivity contribution in [1.29, 1.82) is 0 Å². The molecule has 0 fully saturated rings. The Hall–Kier alpha value is -0.820. The summed E-state index contributed by atoms with van der Waals surface area (Å²) >= 11 is 0. The summed E-state index contributed by atoms with van der Waals surface area (Å²) in [6, 6.07) is 7.80. The van der Waals surface area contributed by atoms with E-state index >= 15 is 0 Å². The number of hydrogen-bond donors (Lipinski definition) is 0. The summed E-state index contributed by atoms with van der Waals surface area (Å²) in [6.07, 6.45) is 2.41. The van der Waals surface area contributed by atoms with E-state index in [9.17, 15) is 0 Å². The highest BCUT2D eigenvalue weighted by atomic mass is 15.1. The van der Waals surface area contributed by atoms with Crippen LogP contribution in [0.5, 0.6) is 0 Å². The number of rotatable bonds is 1. The molecule has 1 aromatic carbocycles. The summed E-state index contributed by atoms with van der Waals surface area (Å²) < 4.78 is 0. The second-order valence-corrected chi connectivity index (χ2v) is 6.86. The van der Waals surface area contributed by atoms with Crippen LogP contribution in [-0.4, -0.2) is 24.0 Å². The molecule has 1 aliphatic heterocycles. The third kappa shape index (κ3) is 2.95. The molecule has 1 aromatic rings. The van der Waals surface area contributed by atoms with Crippen LogP contribution in [-0.2, 0) is 18.3 Å². The van der Waals surface area contributed by atoms with E-state index in [-0.39, 0.29) is 5.41 Å². The summed E-state index contributed by atoms with van der Waals surface area (Å²) in [4.78, 5) is 2.59. The van der Waals surface area contributed by atoms with Crippen molar-refractivity contribution in [2.24, 2.45) is 0 Å². The molecule has 1 aliphatic rings. The van der Waals surface area contributed by atoms with E-state index in [1.165, 1.54) is 31.5 Å². The first-order valence-electron chi connectivity index (χ1n) is 7.24. The summed E-state index contributed by atoms with van der Waals surface area (Å²) in [5.41, 5.74) is 4.87. The smallest absolute Gasteiger partial charge is 0.00388 e. The van der Waals surface area contributed by atoms with Gasteiger partial charge in [0.1, 0.15) is 0 Å². The van der Waals surface area contributed by atoms with Crippen molar-refractivity contribution in [3.63, 3.8) is 0 Å². The zero-order valence-corrected chi connectivity index (χ0v) is 12.6. The average molecular weight is 245 g/mol. The molecule has 0 bridgehead atoms. The molecule has 0 N–H and O–H groups in total. The molecule has 0 saturated heterocycles. The summed E-state index contributed by atoms with van der Waals surface area (Å²) in [6.45, 7) is 13.9. The molecule has 1 heterocycles. The monoisotopic (exact) mass is 245 g/mol. The van der Waals surface area contributed by atoms with E-state index in [0.29, 0.717) is 6.04 Å². The fourth-order valence-corrected chi connectivity index (χ4v) is 2.73. The van der Waals surface area contributed by atoms with E-state index in [0.717, 1.165) is 0 Å². The van der Waals surface area contributed by atoms with E-state index in [1.807, 2.05) is 0 Å². The van der Waals surface area contributed by atoms with Crippen molar-refractivity contribution >= 4 is 0 Å². The molecule has 0 radical (unpaired) electrons. The Morgan fingerprint density at radius 2 is 1.61 bits per heavy atom. The maximum atomic E-state index is 2.59. The quantitative estimate of drug-likeness (QED) is 0.727. The first-order valence-corrected chi connectivity index (χ1v) is 7.24. The third-order valence-electron chi connectivity index (χ3n) is 4.14. The lowest BCUT2D eigenvalue weighted by molar-refractivity contribution is 0.233. The molecule has 1 nitrogen and oxygen atoms in total. The summed E-state index contributed by atoms with van der Waals surface area (Å²) in [7, 11) is 0. The van der Waals surface area contributed by atoms with Crippen LogP contribution in [0.25, 0.3) is 0 Å². The van der Waals surface area contributed by atoms with Crippen molar-refractivity contribution in [3.8, 4) is 0 Å². The minimum Gasteiger partial charge on any atom is -0.300 e. The van der Waals surface area contributed by atoms with Crippen molar-refractivity contribution < 1.29 is 0 Å². The van der Waals surface area contributed by atoms with Gasteiger partial charge in [-0.15, -0.1) is 0 Å². The fraction of sp³-hybridized carbons (Fsp3) is 0.647. The predicted molar refractivity (Wildman–Crippen MR) is 79.3 cm³/mol. The Morgan fingerprint density at radius 3 is 2.17 bits per heavy atom. The largest absolute Gasteiger partial charge is 0.300 e. The fourth-order valence-electron chi connectivity index (χ4n) is 2.73. The molecule has 0 amide bonds. The SMILES string of the molecule is CC(C)N1CCc2ccc(C(C)(C)C)cc2CC1. The number of hydrogen-bond acceptors (Lipinski definition) is 1. The lowest BCUT2D eigenvalue weighted by atomic mass is 9.84. The van der Waals surface area contributed by atoms with Crippen molar-refractivity contribution in [2.75, 3.05) is 13.1 Å². The van der Waals surface area contributed by atoms with Gasteiger partial charge in [0.2, 0.25) is 0 Å². The Balaban J connectivity index is 2.23. The molecular formula is C17H27N. The number of fused-ring (bicyclic) bond motifs is 1. The zero-order valence-electron chi connectivity index (χ0n) is 12.6. The standard InChI is InChI=1S/C17H27N/c1-13(2)18-10-8-14-6-7-16(17(3,4)5)12-15(14)9-11-18/h6-7,12-13H,8-11H2,1-5H3. The predicted octanol–water partition coefficient (Wildman–Crippen LogP) is 3.79. The van der Waals surface area contributed by atoms with Crippen LogP contribution in [0.4, 0.5) is 0 Å².